The Kier molecular flexibility index (Phi) is 4.17. The predicted octanol–water partition coefficient (Wildman–Crippen LogP) is 3.29. The molecule has 0 aliphatic rings. The third kappa shape index (κ3) is 3.52. The molecule has 1 rings (SSSR count). The Bertz CT molecular complexity index is 354. The number of halogens is 2. The van der Waals surface area contributed by atoms with Gasteiger partial charge in [0.2, 0.25) is 0 Å². The summed E-state index contributed by atoms with van der Waals surface area (Å²) in [6.07, 6.45) is 2.99. The fraction of sp³-hybridized carbons (Fsp3) is 0.100. The van der Waals surface area contributed by atoms with Crippen molar-refractivity contribution in [3.63, 3.8) is 0 Å². The number of hydrogen-bond acceptors (Lipinski definition) is 2. The zero-order valence-electron chi connectivity index (χ0n) is 7.46. The molecule has 0 spiro atoms. The lowest BCUT2D eigenvalue weighted by Gasteiger charge is -1.96. The summed E-state index contributed by atoms with van der Waals surface area (Å²) in [7, 11) is 1.33. The first kappa shape index (κ1) is 11.3. The maximum atomic E-state index is 10.8. The first-order valence-electron chi connectivity index (χ1n) is 3.84. The second kappa shape index (κ2) is 5.17. The van der Waals surface area contributed by atoms with Gasteiger partial charge < -0.3 is 4.74 Å². The molecule has 2 nitrogen and oxygen atoms in total. The molecule has 14 heavy (non-hydrogen) atoms. The van der Waals surface area contributed by atoms with Crippen molar-refractivity contribution in [1.82, 2.24) is 0 Å². The average Bonchev–Trinajstić information content (AvgIpc) is 2.12. The molecule has 0 aromatic heterocycles. The van der Waals surface area contributed by atoms with Crippen molar-refractivity contribution in [2.75, 3.05) is 7.11 Å². The minimum Gasteiger partial charge on any atom is -0.466 e. The van der Waals surface area contributed by atoms with E-state index in [0.717, 1.165) is 10.0 Å². The summed E-state index contributed by atoms with van der Waals surface area (Å²) in [5, 5.41) is 0.615. The van der Waals surface area contributed by atoms with E-state index in [-0.39, 0.29) is 5.97 Å². The number of methoxy groups -OCH3 is 1. The van der Waals surface area contributed by atoms with Gasteiger partial charge in [0.05, 0.1) is 7.11 Å². The molecule has 0 heterocycles. The van der Waals surface area contributed by atoms with Gasteiger partial charge in [-0.2, -0.15) is 0 Å². The molecule has 4 heteroatoms. The molecule has 0 atom stereocenters. The second-order valence-corrected chi connectivity index (χ2v) is 3.91. The maximum Gasteiger partial charge on any atom is 0.330 e. The lowest BCUT2D eigenvalue weighted by molar-refractivity contribution is -0.134. The van der Waals surface area contributed by atoms with Crippen LogP contribution >= 0.6 is 27.5 Å². The van der Waals surface area contributed by atoms with Crippen molar-refractivity contribution in [3.05, 3.63) is 39.3 Å². The molecule has 74 valence electrons. The van der Waals surface area contributed by atoms with Crippen molar-refractivity contribution >= 4 is 39.6 Å². The Morgan fingerprint density at radius 3 is 2.79 bits per heavy atom. The highest BCUT2D eigenvalue weighted by Gasteiger charge is 1.96. The van der Waals surface area contributed by atoms with Crippen LogP contribution in [0.5, 0.6) is 0 Å². The fourth-order valence-electron chi connectivity index (χ4n) is 0.904. The van der Waals surface area contributed by atoms with Gasteiger partial charge in [0, 0.05) is 15.6 Å². The van der Waals surface area contributed by atoms with Gasteiger partial charge in [-0.25, -0.2) is 4.79 Å². The molecule has 0 N–H and O–H groups in total. The van der Waals surface area contributed by atoms with Crippen LogP contribution in [0.3, 0.4) is 0 Å². The lowest BCUT2D eigenvalue weighted by Crippen LogP contribution is -1.93. The van der Waals surface area contributed by atoms with Gasteiger partial charge in [0.25, 0.3) is 0 Å². The summed E-state index contributed by atoms with van der Waals surface area (Å²) in [6.45, 7) is 0. The molecule has 0 saturated carbocycles. The molecular weight excluding hydrogens is 267 g/mol. The summed E-state index contributed by atoms with van der Waals surface area (Å²) in [6, 6.07) is 5.38. The SMILES string of the molecule is COC(=O)/C=C/c1cc(Cl)cc(Br)c1. The molecule has 0 aliphatic heterocycles. The number of esters is 1. The van der Waals surface area contributed by atoms with Crippen molar-refractivity contribution in [1.29, 1.82) is 0 Å². The lowest BCUT2D eigenvalue weighted by atomic mass is 10.2. The van der Waals surface area contributed by atoms with Crippen LogP contribution in [0.15, 0.2) is 28.7 Å². The van der Waals surface area contributed by atoms with E-state index in [4.69, 9.17) is 11.6 Å². The van der Waals surface area contributed by atoms with Crippen LogP contribution in [0.4, 0.5) is 0 Å². The number of benzene rings is 1. The quantitative estimate of drug-likeness (QED) is 0.611. The summed E-state index contributed by atoms with van der Waals surface area (Å²) < 4.78 is 5.33. The molecular formula is C10H8BrClO2. The van der Waals surface area contributed by atoms with Crippen LogP contribution in [-0.2, 0) is 9.53 Å². The maximum absolute atomic E-state index is 10.8. The van der Waals surface area contributed by atoms with Crippen LogP contribution in [0.25, 0.3) is 6.08 Å². The van der Waals surface area contributed by atoms with E-state index >= 15 is 0 Å². The van der Waals surface area contributed by atoms with E-state index in [1.807, 2.05) is 6.07 Å². The Labute approximate surface area is 95.6 Å². The van der Waals surface area contributed by atoms with Gasteiger partial charge in [0.1, 0.15) is 0 Å². The molecule has 0 unspecified atom stereocenters. The van der Waals surface area contributed by atoms with E-state index in [0.29, 0.717) is 5.02 Å². The topological polar surface area (TPSA) is 26.3 Å². The van der Waals surface area contributed by atoms with E-state index < -0.39 is 0 Å². The molecule has 0 amide bonds. The fourth-order valence-corrected chi connectivity index (χ4v) is 1.79. The van der Waals surface area contributed by atoms with Crippen molar-refractivity contribution in [3.8, 4) is 0 Å². The Morgan fingerprint density at radius 2 is 2.21 bits per heavy atom. The highest BCUT2D eigenvalue weighted by molar-refractivity contribution is 9.10. The van der Waals surface area contributed by atoms with Crippen LogP contribution in [-0.4, -0.2) is 13.1 Å². The van der Waals surface area contributed by atoms with E-state index in [2.05, 4.69) is 20.7 Å². The van der Waals surface area contributed by atoms with E-state index in [9.17, 15) is 4.79 Å². The first-order chi connectivity index (χ1) is 6.61. The molecule has 0 radical (unpaired) electrons. The molecule has 1 aromatic rings. The van der Waals surface area contributed by atoms with Gasteiger partial charge in [-0.15, -0.1) is 0 Å². The normalized spacial score (nSPS) is 10.5. The minimum atomic E-state index is -0.388. The van der Waals surface area contributed by atoms with Gasteiger partial charge in [-0.3, -0.25) is 0 Å². The number of ether oxygens (including phenoxy) is 1. The third-order valence-corrected chi connectivity index (χ3v) is 2.17. The predicted molar refractivity (Wildman–Crippen MR) is 60.2 cm³/mol. The molecule has 1 aromatic carbocycles. The summed E-state index contributed by atoms with van der Waals surface area (Å²) >= 11 is 9.12. The molecule has 0 saturated heterocycles. The smallest absolute Gasteiger partial charge is 0.330 e. The van der Waals surface area contributed by atoms with E-state index in [1.54, 1.807) is 18.2 Å². The first-order valence-corrected chi connectivity index (χ1v) is 5.01. The van der Waals surface area contributed by atoms with Gasteiger partial charge >= 0.3 is 5.97 Å². The summed E-state index contributed by atoms with van der Waals surface area (Å²) in [4.78, 5) is 10.8. The number of hydrogen-bond donors (Lipinski definition) is 0. The number of carbonyl (C=O) groups is 1. The number of carbonyl (C=O) groups excluding carboxylic acids is 1. The Hall–Kier alpha value is -0.800. The Balaban J connectivity index is 2.86. The van der Waals surface area contributed by atoms with Crippen molar-refractivity contribution in [2.45, 2.75) is 0 Å². The molecule has 0 bridgehead atoms. The molecule has 0 aliphatic carbocycles. The second-order valence-electron chi connectivity index (χ2n) is 2.56. The van der Waals surface area contributed by atoms with Crippen LogP contribution < -0.4 is 0 Å². The van der Waals surface area contributed by atoms with Gasteiger partial charge in [-0.1, -0.05) is 27.5 Å². The summed E-state index contributed by atoms with van der Waals surface area (Å²) in [5.74, 6) is -0.388. The third-order valence-electron chi connectivity index (χ3n) is 1.50. The van der Waals surface area contributed by atoms with Gasteiger partial charge in [-0.05, 0) is 29.8 Å². The minimum absolute atomic E-state index is 0.388. The average molecular weight is 276 g/mol. The largest absolute Gasteiger partial charge is 0.466 e. The Morgan fingerprint density at radius 1 is 1.50 bits per heavy atom. The zero-order chi connectivity index (χ0) is 10.6. The zero-order valence-corrected chi connectivity index (χ0v) is 9.80. The van der Waals surface area contributed by atoms with Crippen LogP contribution in [0, 0.1) is 0 Å². The monoisotopic (exact) mass is 274 g/mol. The highest BCUT2D eigenvalue weighted by atomic mass is 79.9. The van der Waals surface area contributed by atoms with Crippen LogP contribution in [0.2, 0.25) is 5.02 Å². The highest BCUT2D eigenvalue weighted by Crippen LogP contribution is 2.20. The number of rotatable bonds is 2. The van der Waals surface area contributed by atoms with Gasteiger partial charge in [0.15, 0.2) is 0 Å². The van der Waals surface area contributed by atoms with Crippen molar-refractivity contribution in [2.24, 2.45) is 0 Å². The van der Waals surface area contributed by atoms with Crippen LogP contribution in [0.1, 0.15) is 5.56 Å². The summed E-state index contributed by atoms with van der Waals surface area (Å²) in [5.41, 5.74) is 0.842. The molecule has 0 fully saturated rings. The van der Waals surface area contributed by atoms with E-state index in [1.165, 1.54) is 13.2 Å². The van der Waals surface area contributed by atoms with Crippen molar-refractivity contribution < 1.29 is 9.53 Å². The standard InChI is InChI=1S/C10H8BrClO2/c1-14-10(13)3-2-7-4-8(11)6-9(12)5-7/h2-6H,1H3/b3-2+.